The molecule has 12 heavy (non-hydrogen) atoms. The van der Waals surface area contributed by atoms with Crippen LogP contribution >= 0.6 is 0 Å². The van der Waals surface area contributed by atoms with Gasteiger partial charge in [-0.25, -0.2) is 0 Å². The molecule has 1 heterocycles. The Labute approximate surface area is 72.4 Å². The summed E-state index contributed by atoms with van der Waals surface area (Å²) in [5.41, 5.74) is 4.03. The summed E-state index contributed by atoms with van der Waals surface area (Å²) in [4.78, 5) is 3.24. The second kappa shape index (κ2) is 2.67. The van der Waals surface area contributed by atoms with Gasteiger partial charge in [-0.15, -0.1) is 0 Å². The maximum atomic E-state index is 3.24. The minimum atomic E-state index is 1.11. The monoisotopic (exact) mass is 159 g/mol. The average Bonchev–Trinajstić information content (AvgIpc) is 2.52. The Morgan fingerprint density at radius 2 is 2.17 bits per heavy atom. The highest BCUT2D eigenvalue weighted by Crippen LogP contribution is 2.19. The first-order valence-electron chi connectivity index (χ1n) is 4.38. The number of nitrogens with one attached hydrogen (secondary N) is 1. The first kappa shape index (κ1) is 7.41. The van der Waals surface area contributed by atoms with E-state index in [0.717, 1.165) is 6.42 Å². The van der Waals surface area contributed by atoms with E-state index in [1.54, 1.807) is 0 Å². The van der Waals surface area contributed by atoms with E-state index in [1.807, 2.05) is 6.20 Å². The third-order valence-electron chi connectivity index (χ3n) is 2.32. The van der Waals surface area contributed by atoms with Crippen molar-refractivity contribution >= 4 is 10.9 Å². The third kappa shape index (κ3) is 1.02. The van der Waals surface area contributed by atoms with Gasteiger partial charge in [0.2, 0.25) is 0 Å². The van der Waals surface area contributed by atoms with Gasteiger partial charge in [-0.05, 0) is 42.0 Å². The molecule has 1 N–H and O–H groups in total. The average molecular weight is 159 g/mol. The van der Waals surface area contributed by atoms with Crippen molar-refractivity contribution < 1.29 is 0 Å². The Bertz CT molecular complexity index is 398. The normalized spacial score (nSPS) is 10.8. The Morgan fingerprint density at radius 1 is 1.33 bits per heavy atom. The van der Waals surface area contributed by atoms with Crippen LogP contribution < -0.4 is 0 Å². The summed E-state index contributed by atoms with van der Waals surface area (Å²) in [5.74, 6) is 0. The Morgan fingerprint density at radius 3 is 2.92 bits per heavy atom. The van der Waals surface area contributed by atoms with E-state index in [4.69, 9.17) is 0 Å². The van der Waals surface area contributed by atoms with Gasteiger partial charge in [0, 0.05) is 11.7 Å². The van der Waals surface area contributed by atoms with Crippen LogP contribution in [0.1, 0.15) is 18.1 Å². The summed E-state index contributed by atoms with van der Waals surface area (Å²) in [6, 6.07) is 6.62. The zero-order valence-corrected chi connectivity index (χ0v) is 7.52. The van der Waals surface area contributed by atoms with E-state index < -0.39 is 0 Å². The van der Waals surface area contributed by atoms with Crippen LogP contribution in [-0.4, -0.2) is 4.98 Å². The molecule has 1 heteroatoms. The Kier molecular flexibility index (Phi) is 1.65. The largest absolute Gasteiger partial charge is 0.361 e. The van der Waals surface area contributed by atoms with Gasteiger partial charge in [0.25, 0.3) is 0 Å². The third-order valence-corrected chi connectivity index (χ3v) is 2.32. The lowest BCUT2D eigenvalue weighted by atomic mass is 10.1. The number of aromatic amines is 1. The van der Waals surface area contributed by atoms with Crippen molar-refractivity contribution in [2.75, 3.05) is 0 Å². The molecule has 2 aromatic rings. The fraction of sp³-hybridized carbons (Fsp3) is 0.273. The smallest absolute Gasteiger partial charge is 0.0483 e. The highest BCUT2D eigenvalue weighted by molar-refractivity contribution is 5.83. The van der Waals surface area contributed by atoms with E-state index >= 15 is 0 Å². The SMILES string of the molecule is CCc1cc(C)c2[nH]ccc2c1. The van der Waals surface area contributed by atoms with Gasteiger partial charge in [-0.2, -0.15) is 0 Å². The van der Waals surface area contributed by atoms with E-state index in [1.165, 1.54) is 22.0 Å². The lowest BCUT2D eigenvalue weighted by molar-refractivity contribution is 1.14. The number of hydrogen-bond donors (Lipinski definition) is 1. The van der Waals surface area contributed by atoms with Crippen molar-refractivity contribution in [3.63, 3.8) is 0 Å². The first-order valence-corrected chi connectivity index (χ1v) is 4.38. The zero-order valence-electron chi connectivity index (χ0n) is 7.52. The number of rotatable bonds is 1. The molecule has 0 aliphatic carbocycles. The molecular formula is C11H13N. The van der Waals surface area contributed by atoms with Gasteiger partial charge in [0.1, 0.15) is 0 Å². The molecule has 0 aliphatic rings. The topological polar surface area (TPSA) is 15.8 Å². The van der Waals surface area contributed by atoms with Crippen LogP contribution in [0.5, 0.6) is 0 Å². The molecule has 0 saturated carbocycles. The highest BCUT2D eigenvalue weighted by Gasteiger charge is 1.99. The molecule has 0 amide bonds. The van der Waals surface area contributed by atoms with Crippen LogP contribution in [0, 0.1) is 6.92 Å². The number of hydrogen-bond acceptors (Lipinski definition) is 0. The Balaban J connectivity index is 2.75. The van der Waals surface area contributed by atoms with Crippen molar-refractivity contribution in [3.05, 3.63) is 35.5 Å². The van der Waals surface area contributed by atoms with Crippen molar-refractivity contribution in [2.24, 2.45) is 0 Å². The van der Waals surface area contributed by atoms with Crippen molar-refractivity contribution in [1.29, 1.82) is 0 Å². The second-order valence-electron chi connectivity index (χ2n) is 3.21. The van der Waals surface area contributed by atoms with Gasteiger partial charge >= 0.3 is 0 Å². The van der Waals surface area contributed by atoms with Crippen molar-refractivity contribution in [2.45, 2.75) is 20.3 Å². The van der Waals surface area contributed by atoms with Gasteiger partial charge < -0.3 is 4.98 Å². The highest BCUT2D eigenvalue weighted by atomic mass is 14.7. The van der Waals surface area contributed by atoms with Crippen LogP contribution in [0.3, 0.4) is 0 Å². The molecule has 0 saturated heterocycles. The summed E-state index contributed by atoms with van der Waals surface area (Å²) in [7, 11) is 0. The summed E-state index contributed by atoms with van der Waals surface area (Å²) >= 11 is 0. The summed E-state index contributed by atoms with van der Waals surface area (Å²) < 4.78 is 0. The van der Waals surface area contributed by atoms with E-state index in [0.29, 0.717) is 0 Å². The molecule has 0 atom stereocenters. The molecule has 0 spiro atoms. The molecule has 2 rings (SSSR count). The van der Waals surface area contributed by atoms with Crippen LogP contribution in [0.15, 0.2) is 24.4 Å². The first-order chi connectivity index (χ1) is 5.81. The number of fused-ring (bicyclic) bond motifs is 1. The van der Waals surface area contributed by atoms with Gasteiger partial charge in [-0.1, -0.05) is 13.0 Å². The predicted molar refractivity (Wildman–Crippen MR) is 52.4 cm³/mol. The molecule has 1 aromatic heterocycles. The van der Waals surface area contributed by atoms with Gasteiger partial charge in [-0.3, -0.25) is 0 Å². The molecule has 0 unspecified atom stereocenters. The van der Waals surface area contributed by atoms with Gasteiger partial charge in [0.15, 0.2) is 0 Å². The van der Waals surface area contributed by atoms with E-state index in [-0.39, 0.29) is 0 Å². The maximum Gasteiger partial charge on any atom is 0.0483 e. The van der Waals surface area contributed by atoms with E-state index in [2.05, 4.69) is 37.0 Å². The number of H-pyrrole nitrogens is 1. The van der Waals surface area contributed by atoms with Crippen LogP contribution in [0.4, 0.5) is 0 Å². The molecule has 62 valence electrons. The minimum Gasteiger partial charge on any atom is -0.361 e. The summed E-state index contributed by atoms with van der Waals surface area (Å²) in [5, 5.41) is 1.33. The quantitative estimate of drug-likeness (QED) is 0.658. The fourth-order valence-electron chi connectivity index (χ4n) is 1.64. The summed E-state index contributed by atoms with van der Waals surface area (Å²) in [6.07, 6.45) is 3.11. The number of aromatic nitrogens is 1. The second-order valence-corrected chi connectivity index (χ2v) is 3.21. The minimum absolute atomic E-state index is 1.11. The molecule has 0 fully saturated rings. The zero-order chi connectivity index (χ0) is 8.55. The summed E-state index contributed by atoms with van der Waals surface area (Å²) in [6.45, 7) is 4.34. The van der Waals surface area contributed by atoms with Gasteiger partial charge in [0.05, 0.1) is 0 Å². The Hall–Kier alpha value is -1.24. The van der Waals surface area contributed by atoms with Crippen LogP contribution in [0.2, 0.25) is 0 Å². The fourth-order valence-corrected chi connectivity index (χ4v) is 1.64. The van der Waals surface area contributed by atoms with E-state index in [9.17, 15) is 0 Å². The van der Waals surface area contributed by atoms with Crippen molar-refractivity contribution in [1.82, 2.24) is 4.98 Å². The number of aryl methyl sites for hydroxylation is 2. The molecule has 0 aliphatic heterocycles. The molecule has 1 aromatic carbocycles. The lowest BCUT2D eigenvalue weighted by Crippen LogP contribution is -1.83. The molecule has 0 radical (unpaired) electrons. The molecule has 1 nitrogen and oxygen atoms in total. The predicted octanol–water partition coefficient (Wildman–Crippen LogP) is 3.04. The van der Waals surface area contributed by atoms with Crippen LogP contribution in [0.25, 0.3) is 10.9 Å². The van der Waals surface area contributed by atoms with Crippen LogP contribution in [-0.2, 0) is 6.42 Å². The molecular weight excluding hydrogens is 146 g/mol. The standard InChI is InChI=1S/C11H13N/c1-3-9-6-8(2)11-10(7-9)4-5-12-11/h4-7,12H,3H2,1-2H3. The lowest BCUT2D eigenvalue weighted by Gasteiger charge is -2.00. The molecule has 0 bridgehead atoms. The van der Waals surface area contributed by atoms with Crippen molar-refractivity contribution in [3.8, 4) is 0 Å². The number of benzene rings is 1. The maximum absolute atomic E-state index is 3.24.